The van der Waals surface area contributed by atoms with Crippen LogP contribution >= 0.6 is 0 Å². The van der Waals surface area contributed by atoms with Gasteiger partial charge in [-0.25, -0.2) is 0 Å². The van der Waals surface area contributed by atoms with Crippen molar-refractivity contribution < 1.29 is 19.1 Å². The average molecular weight is 356 g/mol. The lowest BCUT2D eigenvalue weighted by Crippen LogP contribution is -2.39. The number of methoxy groups -OCH3 is 2. The molecule has 26 heavy (non-hydrogen) atoms. The molecule has 0 bridgehead atoms. The van der Waals surface area contributed by atoms with Crippen molar-refractivity contribution in [3.8, 4) is 11.5 Å². The summed E-state index contributed by atoms with van der Waals surface area (Å²) in [6.07, 6.45) is 0. The van der Waals surface area contributed by atoms with E-state index in [1.54, 1.807) is 14.2 Å². The van der Waals surface area contributed by atoms with Crippen molar-refractivity contribution in [1.82, 2.24) is 10.2 Å². The summed E-state index contributed by atoms with van der Waals surface area (Å²) in [7, 11) is 3.19. The average Bonchev–Trinajstić information content (AvgIpc) is 2.66. The highest BCUT2D eigenvalue weighted by Crippen LogP contribution is 2.17. The fourth-order valence-corrected chi connectivity index (χ4v) is 2.50. The predicted molar refractivity (Wildman–Crippen MR) is 98.9 cm³/mol. The van der Waals surface area contributed by atoms with Crippen LogP contribution in [0.4, 0.5) is 0 Å². The third-order valence-electron chi connectivity index (χ3n) is 3.98. The molecule has 0 aliphatic heterocycles. The Bertz CT molecular complexity index is 744. The van der Waals surface area contributed by atoms with Crippen LogP contribution in [0.25, 0.3) is 0 Å². The van der Waals surface area contributed by atoms with Crippen LogP contribution in [0.1, 0.15) is 18.1 Å². The number of ether oxygens (including phenoxy) is 2. The summed E-state index contributed by atoms with van der Waals surface area (Å²) in [5.41, 5.74) is 1.81. The lowest BCUT2D eigenvalue weighted by Gasteiger charge is -2.21. The molecule has 2 rings (SSSR count). The van der Waals surface area contributed by atoms with E-state index in [2.05, 4.69) is 5.32 Å². The van der Waals surface area contributed by atoms with E-state index in [1.165, 1.54) is 11.8 Å². The number of carbonyl (C=O) groups excluding carboxylic acids is 2. The van der Waals surface area contributed by atoms with Gasteiger partial charge < -0.3 is 19.7 Å². The van der Waals surface area contributed by atoms with Gasteiger partial charge in [0.15, 0.2) is 0 Å². The molecule has 6 nitrogen and oxygen atoms in total. The zero-order valence-corrected chi connectivity index (χ0v) is 15.3. The summed E-state index contributed by atoms with van der Waals surface area (Å²) < 4.78 is 10.4. The van der Waals surface area contributed by atoms with Crippen molar-refractivity contribution in [3.63, 3.8) is 0 Å². The molecule has 0 atom stereocenters. The number of rotatable bonds is 8. The minimum absolute atomic E-state index is 0.00346. The number of para-hydroxylation sites is 1. The van der Waals surface area contributed by atoms with Crippen molar-refractivity contribution in [1.29, 1.82) is 0 Å². The molecule has 6 heteroatoms. The molecule has 0 spiro atoms. The second-order valence-corrected chi connectivity index (χ2v) is 5.81. The molecule has 0 unspecified atom stereocenters. The lowest BCUT2D eigenvalue weighted by atomic mass is 10.2. The molecule has 2 amide bonds. The van der Waals surface area contributed by atoms with Gasteiger partial charge in [0.05, 0.1) is 20.8 Å². The van der Waals surface area contributed by atoms with E-state index in [0.717, 1.165) is 22.6 Å². The van der Waals surface area contributed by atoms with E-state index in [-0.39, 0.29) is 18.4 Å². The molecule has 0 fully saturated rings. The van der Waals surface area contributed by atoms with Gasteiger partial charge in [-0.1, -0.05) is 30.3 Å². The van der Waals surface area contributed by atoms with Crippen LogP contribution in [0.3, 0.4) is 0 Å². The number of nitrogens with one attached hydrogen (secondary N) is 1. The third kappa shape index (κ3) is 5.51. The molecule has 0 saturated heterocycles. The van der Waals surface area contributed by atoms with E-state index < -0.39 is 0 Å². The molecule has 0 aliphatic rings. The minimum atomic E-state index is -0.223. The summed E-state index contributed by atoms with van der Waals surface area (Å²) >= 11 is 0. The quantitative estimate of drug-likeness (QED) is 0.788. The van der Waals surface area contributed by atoms with Gasteiger partial charge >= 0.3 is 0 Å². The maximum Gasteiger partial charge on any atom is 0.239 e. The Morgan fingerprint density at radius 2 is 1.69 bits per heavy atom. The number of benzene rings is 2. The topological polar surface area (TPSA) is 67.9 Å². The molecule has 138 valence electrons. The Hall–Kier alpha value is -3.02. The zero-order chi connectivity index (χ0) is 18.9. The molecular weight excluding hydrogens is 332 g/mol. The molecule has 0 saturated carbocycles. The van der Waals surface area contributed by atoms with Crippen LogP contribution in [-0.2, 0) is 22.7 Å². The summed E-state index contributed by atoms with van der Waals surface area (Å²) in [4.78, 5) is 25.6. The van der Waals surface area contributed by atoms with Gasteiger partial charge in [0, 0.05) is 25.6 Å². The molecular formula is C20H24N2O4. The summed E-state index contributed by atoms with van der Waals surface area (Å²) in [5.74, 6) is 1.08. The second-order valence-electron chi connectivity index (χ2n) is 5.81. The molecule has 0 aliphatic carbocycles. The molecule has 0 aromatic heterocycles. The zero-order valence-electron chi connectivity index (χ0n) is 15.3. The van der Waals surface area contributed by atoms with Crippen LogP contribution in [0.2, 0.25) is 0 Å². The van der Waals surface area contributed by atoms with Gasteiger partial charge in [-0.05, 0) is 23.8 Å². The SMILES string of the molecule is COc1ccc(CN(CC(=O)NCc2ccccc2OC)C(C)=O)cc1. The lowest BCUT2D eigenvalue weighted by molar-refractivity contribution is -0.135. The standard InChI is InChI=1S/C20H24N2O4/c1-15(23)22(13-16-8-10-18(25-2)11-9-16)14-20(24)21-12-17-6-4-5-7-19(17)26-3/h4-11H,12-14H2,1-3H3,(H,21,24). The number of amides is 2. The smallest absolute Gasteiger partial charge is 0.239 e. The number of carbonyl (C=O) groups is 2. The Labute approximate surface area is 153 Å². The van der Waals surface area contributed by atoms with Crippen molar-refractivity contribution in [2.24, 2.45) is 0 Å². The minimum Gasteiger partial charge on any atom is -0.497 e. The predicted octanol–water partition coefficient (Wildman–Crippen LogP) is 2.37. The van der Waals surface area contributed by atoms with Gasteiger partial charge in [0.1, 0.15) is 11.5 Å². The Balaban J connectivity index is 1.93. The van der Waals surface area contributed by atoms with Crippen molar-refractivity contribution in [2.75, 3.05) is 20.8 Å². The molecule has 2 aromatic carbocycles. The van der Waals surface area contributed by atoms with E-state index in [9.17, 15) is 9.59 Å². The van der Waals surface area contributed by atoms with Crippen molar-refractivity contribution >= 4 is 11.8 Å². The van der Waals surface area contributed by atoms with Crippen LogP contribution in [0.5, 0.6) is 11.5 Å². The first-order chi connectivity index (χ1) is 12.5. The van der Waals surface area contributed by atoms with E-state index >= 15 is 0 Å². The first kappa shape index (κ1) is 19.3. The maximum atomic E-state index is 12.3. The summed E-state index contributed by atoms with van der Waals surface area (Å²) in [5, 5.41) is 2.83. The normalized spacial score (nSPS) is 10.1. The first-order valence-corrected chi connectivity index (χ1v) is 8.30. The first-order valence-electron chi connectivity index (χ1n) is 8.30. The Kier molecular flexibility index (Phi) is 7.02. The van der Waals surface area contributed by atoms with Gasteiger partial charge in [0.25, 0.3) is 0 Å². The fourth-order valence-electron chi connectivity index (χ4n) is 2.50. The maximum absolute atomic E-state index is 12.3. The number of hydrogen-bond donors (Lipinski definition) is 1. The number of nitrogens with zero attached hydrogens (tertiary/aromatic N) is 1. The van der Waals surface area contributed by atoms with Gasteiger partial charge in [-0.2, -0.15) is 0 Å². The van der Waals surface area contributed by atoms with Gasteiger partial charge in [0.2, 0.25) is 11.8 Å². The van der Waals surface area contributed by atoms with E-state index in [4.69, 9.17) is 9.47 Å². The monoisotopic (exact) mass is 356 g/mol. The van der Waals surface area contributed by atoms with Crippen molar-refractivity contribution in [3.05, 3.63) is 59.7 Å². The van der Waals surface area contributed by atoms with Crippen LogP contribution in [-0.4, -0.2) is 37.5 Å². The van der Waals surface area contributed by atoms with Crippen LogP contribution in [0, 0.1) is 0 Å². The number of hydrogen-bond acceptors (Lipinski definition) is 4. The van der Waals surface area contributed by atoms with E-state index in [0.29, 0.717) is 13.1 Å². The van der Waals surface area contributed by atoms with Gasteiger partial charge in [-0.15, -0.1) is 0 Å². The highest BCUT2D eigenvalue weighted by atomic mass is 16.5. The highest BCUT2D eigenvalue weighted by molar-refractivity contribution is 5.83. The molecule has 2 aromatic rings. The summed E-state index contributed by atoms with van der Waals surface area (Å²) in [6.45, 7) is 2.16. The summed E-state index contributed by atoms with van der Waals surface area (Å²) in [6, 6.07) is 14.9. The van der Waals surface area contributed by atoms with Crippen LogP contribution < -0.4 is 14.8 Å². The third-order valence-corrected chi connectivity index (χ3v) is 3.98. The van der Waals surface area contributed by atoms with Crippen molar-refractivity contribution in [2.45, 2.75) is 20.0 Å². The molecule has 1 N–H and O–H groups in total. The molecule has 0 radical (unpaired) electrons. The second kappa shape index (κ2) is 9.46. The molecule has 0 heterocycles. The Morgan fingerprint density at radius 3 is 2.31 bits per heavy atom. The van der Waals surface area contributed by atoms with Gasteiger partial charge in [-0.3, -0.25) is 9.59 Å². The van der Waals surface area contributed by atoms with E-state index in [1.807, 2.05) is 48.5 Å². The van der Waals surface area contributed by atoms with Crippen LogP contribution in [0.15, 0.2) is 48.5 Å². The highest BCUT2D eigenvalue weighted by Gasteiger charge is 2.14. The fraction of sp³-hybridized carbons (Fsp3) is 0.300. The largest absolute Gasteiger partial charge is 0.497 e. The Morgan fingerprint density at radius 1 is 1.00 bits per heavy atom.